The van der Waals surface area contributed by atoms with E-state index >= 15 is 0 Å². The van der Waals surface area contributed by atoms with E-state index in [1.54, 1.807) is 13.0 Å². The first-order valence-electron chi connectivity index (χ1n) is 12.5. The molecule has 2 aromatic carbocycles. The maximum absolute atomic E-state index is 14.8. The van der Waals surface area contributed by atoms with E-state index in [4.69, 9.17) is 13.6 Å². The Kier molecular flexibility index (Phi) is 7.87. The van der Waals surface area contributed by atoms with Crippen LogP contribution in [0.3, 0.4) is 0 Å². The molecule has 38 heavy (non-hydrogen) atoms. The van der Waals surface area contributed by atoms with Gasteiger partial charge in [-0.3, -0.25) is 18.9 Å². The molecule has 0 bridgehead atoms. The molecule has 0 spiro atoms. The SMILES string of the molecule is [2H]C([2H])([2H])NC(=O)c1c(Oc2cccc(NS(=O)(=O)NCC)c2OC)c(C)c(=O)n(C)c1Nc1ccc(I)cc1F. The molecule has 0 radical (unpaired) electrons. The number of amides is 1. The molecular formula is C24H27FIN5O6S. The highest BCUT2D eigenvalue weighted by Crippen LogP contribution is 2.41. The number of carbonyl (C=O) groups excluding carboxylic acids is 1. The first-order valence-corrected chi connectivity index (χ1v) is 13.5. The third-order valence-electron chi connectivity index (χ3n) is 5.26. The number of hydrogen-bond acceptors (Lipinski definition) is 7. The molecule has 0 saturated carbocycles. The average molecular weight is 662 g/mol. The molecule has 3 rings (SSSR count). The number of nitrogens with one attached hydrogen (secondary N) is 4. The molecule has 0 aliphatic heterocycles. The molecule has 11 nitrogen and oxygen atoms in total. The molecule has 1 amide bonds. The molecule has 1 heterocycles. The van der Waals surface area contributed by atoms with Gasteiger partial charge in [-0.2, -0.15) is 13.1 Å². The van der Waals surface area contributed by atoms with Crippen LogP contribution in [0.5, 0.6) is 17.2 Å². The number of aromatic nitrogens is 1. The van der Waals surface area contributed by atoms with E-state index in [9.17, 15) is 22.4 Å². The molecule has 4 N–H and O–H groups in total. The van der Waals surface area contributed by atoms with Crippen molar-refractivity contribution >= 4 is 55.9 Å². The normalized spacial score (nSPS) is 12.6. The number of hydrogen-bond donors (Lipinski definition) is 4. The van der Waals surface area contributed by atoms with E-state index in [0.717, 1.165) is 4.57 Å². The number of nitrogens with zero attached hydrogens (tertiary/aromatic N) is 1. The molecule has 204 valence electrons. The zero-order valence-corrected chi connectivity index (χ0v) is 23.7. The van der Waals surface area contributed by atoms with Gasteiger partial charge in [-0.15, -0.1) is 0 Å². The summed E-state index contributed by atoms with van der Waals surface area (Å²) in [6, 6.07) is 8.41. The van der Waals surface area contributed by atoms with E-state index in [-0.39, 0.29) is 46.5 Å². The lowest BCUT2D eigenvalue weighted by atomic mass is 10.1. The largest absolute Gasteiger partial charge is 0.491 e. The number of ether oxygens (including phenoxy) is 2. The Morgan fingerprint density at radius 1 is 1.21 bits per heavy atom. The number of para-hydroxylation sites is 1. The van der Waals surface area contributed by atoms with Crippen molar-refractivity contribution in [2.45, 2.75) is 13.8 Å². The van der Waals surface area contributed by atoms with Gasteiger partial charge in [0.15, 0.2) is 17.2 Å². The molecule has 14 heteroatoms. The van der Waals surface area contributed by atoms with E-state index < -0.39 is 40.0 Å². The second-order valence-corrected chi connectivity index (χ2v) is 10.5. The van der Waals surface area contributed by atoms with Gasteiger partial charge < -0.3 is 20.1 Å². The predicted molar refractivity (Wildman–Crippen MR) is 151 cm³/mol. The summed E-state index contributed by atoms with van der Waals surface area (Å²) >= 11 is 1.91. The second kappa shape index (κ2) is 12.0. The predicted octanol–water partition coefficient (Wildman–Crippen LogP) is 3.61. The van der Waals surface area contributed by atoms with E-state index in [1.807, 2.05) is 27.9 Å². The molecule has 0 fully saturated rings. The molecule has 3 aromatic rings. The summed E-state index contributed by atoms with van der Waals surface area (Å²) in [6.45, 7) is 0.126. The van der Waals surface area contributed by atoms with Crippen LogP contribution in [0.15, 0.2) is 41.2 Å². The van der Waals surface area contributed by atoms with Crippen molar-refractivity contribution in [2.75, 3.05) is 30.7 Å². The first-order chi connectivity index (χ1) is 19.1. The quantitative estimate of drug-likeness (QED) is 0.244. The van der Waals surface area contributed by atoms with Crippen molar-refractivity contribution in [1.82, 2.24) is 14.6 Å². The van der Waals surface area contributed by atoms with Crippen LogP contribution >= 0.6 is 22.6 Å². The summed E-state index contributed by atoms with van der Waals surface area (Å²) in [5.74, 6) is -2.70. The highest BCUT2D eigenvalue weighted by molar-refractivity contribution is 14.1. The maximum Gasteiger partial charge on any atom is 0.299 e. The Hall–Kier alpha value is -3.37. The lowest BCUT2D eigenvalue weighted by molar-refractivity contribution is 0.0960. The minimum Gasteiger partial charge on any atom is -0.491 e. The van der Waals surface area contributed by atoms with Crippen LogP contribution < -0.4 is 35.1 Å². The van der Waals surface area contributed by atoms with E-state index in [2.05, 4.69) is 14.8 Å². The Labute approximate surface area is 237 Å². The number of pyridine rings is 1. The van der Waals surface area contributed by atoms with Crippen LogP contribution in [0.25, 0.3) is 0 Å². The number of benzene rings is 2. The number of halogens is 2. The standard InChI is InChI=1S/C24H27FIN5O6S/c1-6-28-38(34,35)30-17-8-7-9-18(21(17)36-5)37-20-13(2)24(33)31(4)22(19(20)23(32)27-3)29-16-11-10-14(26)12-15(16)25/h7-12,28-30H,6H2,1-5H3,(H,27,32)/i3D3. The lowest BCUT2D eigenvalue weighted by Gasteiger charge is -2.22. The first kappa shape index (κ1) is 24.9. The summed E-state index contributed by atoms with van der Waals surface area (Å²) in [6.07, 6.45) is 0. The Balaban J connectivity index is 2.27. The van der Waals surface area contributed by atoms with Crippen molar-refractivity contribution in [1.29, 1.82) is 0 Å². The summed E-state index contributed by atoms with van der Waals surface area (Å²) in [7, 11) is -1.42. The molecule has 0 aliphatic rings. The lowest BCUT2D eigenvalue weighted by Crippen LogP contribution is -2.30. The van der Waals surface area contributed by atoms with Gasteiger partial charge in [0, 0.05) is 28.3 Å². The van der Waals surface area contributed by atoms with Crippen molar-refractivity contribution in [2.24, 2.45) is 7.05 Å². The van der Waals surface area contributed by atoms with Gasteiger partial charge in [-0.05, 0) is 59.8 Å². The van der Waals surface area contributed by atoms with Crippen LogP contribution in [0.1, 0.15) is 27.0 Å². The number of carbonyl (C=O) groups is 1. The van der Waals surface area contributed by atoms with Gasteiger partial charge in [0.1, 0.15) is 17.2 Å². The Morgan fingerprint density at radius 2 is 1.95 bits per heavy atom. The number of anilines is 3. The second-order valence-electron chi connectivity index (χ2n) is 7.79. The maximum atomic E-state index is 14.8. The van der Waals surface area contributed by atoms with Crippen LogP contribution in [0.4, 0.5) is 21.6 Å². The van der Waals surface area contributed by atoms with Crippen LogP contribution in [0.2, 0.25) is 0 Å². The van der Waals surface area contributed by atoms with Crippen LogP contribution in [-0.2, 0) is 17.3 Å². The molecular weight excluding hydrogens is 632 g/mol. The Morgan fingerprint density at radius 3 is 2.58 bits per heavy atom. The van der Waals surface area contributed by atoms with Gasteiger partial charge in [0.2, 0.25) is 0 Å². The summed E-state index contributed by atoms with van der Waals surface area (Å²) in [4.78, 5) is 26.6. The van der Waals surface area contributed by atoms with Crippen molar-refractivity contribution < 1.29 is 31.2 Å². The van der Waals surface area contributed by atoms with Gasteiger partial charge in [-0.1, -0.05) is 13.0 Å². The summed E-state index contributed by atoms with van der Waals surface area (Å²) < 4.78 is 79.6. The average Bonchev–Trinajstić information content (AvgIpc) is 2.85. The fourth-order valence-corrected chi connectivity index (χ4v) is 4.90. The van der Waals surface area contributed by atoms with E-state index in [1.165, 1.54) is 51.4 Å². The van der Waals surface area contributed by atoms with Crippen LogP contribution in [-0.4, -0.2) is 39.5 Å². The zero-order chi connectivity index (χ0) is 30.7. The number of rotatable bonds is 10. The molecule has 0 unspecified atom stereocenters. The fourth-order valence-electron chi connectivity index (χ4n) is 3.55. The minimum absolute atomic E-state index is 0.0276. The third kappa shape index (κ3) is 6.19. The highest BCUT2D eigenvalue weighted by atomic mass is 127. The highest BCUT2D eigenvalue weighted by Gasteiger charge is 2.27. The zero-order valence-electron chi connectivity index (χ0n) is 23.7. The van der Waals surface area contributed by atoms with Gasteiger partial charge in [-0.25, -0.2) is 4.39 Å². The minimum atomic E-state index is -3.98. The van der Waals surface area contributed by atoms with Crippen LogP contribution in [0, 0.1) is 16.3 Å². The number of methoxy groups -OCH3 is 1. The van der Waals surface area contributed by atoms with Gasteiger partial charge in [0.05, 0.1) is 24.0 Å². The molecule has 0 saturated heterocycles. The topological polar surface area (TPSA) is 140 Å². The fraction of sp³-hybridized carbons (Fsp3) is 0.250. The van der Waals surface area contributed by atoms with E-state index in [0.29, 0.717) is 3.57 Å². The van der Waals surface area contributed by atoms with Gasteiger partial charge in [0.25, 0.3) is 21.7 Å². The van der Waals surface area contributed by atoms with Crippen molar-refractivity contribution in [3.8, 4) is 17.2 Å². The summed E-state index contributed by atoms with van der Waals surface area (Å²) in [5.41, 5.74) is -1.31. The molecule has 0 aliphatic carbocycles. The monoisotopic (exact) mass is 662 g/mol. The summed E-state index contributed by atoms with van der Waals surface area (Å²) in [5, 5.41) is 4.58. The Bertz CT molecular complexity index is 1650. The molecule has 1 aromatic heterocycles. The molecule has 0 atom stereocenters. The van der Waals surface area contributed by atoms with Crippen molar-refractivity contribution in [3.63, 3.8) is 0 Å². The van der Waals surface area contributed by atoms with Gasteiger partial charge >= 0.3 is 0 Å². The smallest absolute Gasteiger partial charge is 0.299 e. The van der Waals surface area contributed by atoms with Crippen molar-refractivity contribution in [3.05, 3.63) is 67.3 Å². The third-order valence-corrected chi connectivity index (χ3v) is 7.09.